The van der Waals surface area contributed by atoms with Crippen LogP contribution in [0.3, 0.4) is 0 Å². The predicted octanol–water partition coefficient (Wildman–Crippen LogP) is 1.53. The van der Waals surface area contributed by atoms with Crippen LogP contribution in [-0.4, -0.2) is 54.7 Å². The van der Waals surface area contributed by atoms with E-state index in [1.165, 1.54) is 7.05 Å². The molecule has 0 aromatic heterocycles. The molecule has 2 atom stereocenters. The number of aliphatic carboxylic acids is 1. The highest BCUT2D eigenvalue weighted by atomic mass is 16.5. The number of ether oxygens (including phenoxy) is 1. The molecule has 140 valence electrons. The van der Waals surface area contributed by atoms with E-state index in [4.69, 9.17) is 4.74 Å². The second-order valence-corrected chi connectivity index (χ2v) is 6.85. The topological polar surface area (TPSA) is 108 Å². The normalized spacial score (nSPS) is 24.0. The largest absolute Gasteiger partial charge is 0.484 e. The lowest BCUT2D eigenvalue weighted by Gasteiger charge is -2.23. The molecule has 0 radical (unpaired) electrons. The fraction of sp³-hybridized carbons (Fsp3) is 0.500. The molecule has 1 saturated carbocycles. The summed E-state index contributed by atoms with van der Waals surface area (Å²) < 4.78 is 5.31. The van der Waals surface area contributed by atoms with Gasteiger partial charge in [-0.1, -0.05) is 6.42 Å². The first kappa shape index (κ1) is 18.0. The van der Waals surface area contributed by atoms with E-state index in [1.807, 2.05) is 0 Å². The van der Waals surface area contributed by atoms with E-state index in [1.54, 1.807) is 29.2 Å². The first-order valence-corrected chi connectivity index (χ1v) is 8.67. The smallest absolute Gasteiger partial charge is 0.321 e. The number of urea groups is 1. The standard InChI is InChI=1S/C18H23N3O5/c1-19-15(22)10-26-14-6-4-13(5-7-14)20-17(25)21-9-12-3-2-8-18(12,11-21)16(23)24/h4-7,12H,2-3,8-11H2,1H3,(H,19,22)(H,20,25)(H,23,24)/t12-,18+/m0/s1. The van der Waals surface area contributed by atoms with Crippen LogP contribution >= 0.6 is 0 Å². The van der Waals surface area contributed by atoms with Crippen molar-refractivity contribution in [3.8, 4) is 5.75 Å². The predicted molar refractivity (Wildman–Crippen MR) is 94.0 cm³/mol. The molecule has 3 rings (SSSR count). The Bertz CT molecular complexity index is 705. The number of amides is 3. The Labute approximate surface area is 151 Å². The molecule has 1 heterocycles. The SMILES string of the molecule is CNC(=O)COc1ccc(NC(=O)N2C[C@@H]3CCC[C@@]3(C(=O)O)C2)cc1. The summed E-state index contributed by atoms with van der Waals surface area (Å²) in [6.07, 6.45) is 2.39. The number of likely N-dealkylation sites (N-methyl/N-ethyl adjacent to an activating group) is 1. The average Bonchev–Trinajstić information content (AvgIpc) is 3.19. The number of anilines is 1. The highest BCUT2D eigenvalue weighted by Crippen LogP contribution is 2.48. The third-order valence-corrected chi connectivity index (χ3v) is 5.34. The molecule has 0 unspecified atom stereocenters. The van der Waals surface area contributed by atoms with Gasteiger partial charge in [0.25, 0.3) is 5.91 Å². The van der Waals surface area contributed by atoms with Crippen LogP contribution in [0.25, 0.3) is 0 Å². The van der Waals surface area contributed by atoms with E-state index >= 15 is 0 Å². The Morgan fingerprint density at radius 2 is 2.04 bits per heavy atom. The number of fused-ring (bicyclic) bond motifs is 1. The summed E-state index contributed by atoms with van der Waals surface area (Å²) in [5.74, 6) is -0.472. The van der Waals surface area contributed by atoms with Gasteiger partial charge in [-0.2, -0.15) is 0 Å². The maximum absolute atomic E-state index is 12.5. The third-order valence-electron chi connectivity index (χ3n) is 5.34. The summed E-state index contributed by atoms with van der Waals surface area (Å²) in [4.78, 5) is 36.9. The molecule has 8 nitrogen and oxygen atoms in total. The third kappa shape index (κ3) is 3.44. The van der Waals surface area contributed by atoms with Crippen molar-refractivity contribution in [2.45, 2.75) is 19.3 Å². The highest BCUT2D eigenvalue weighted by Gasteiger charge is 2.55. The number of nitrogens with zero attached hydrogens (tertiary/aromatic N) is 1. The fourth-order valence-electron chi connectivity index (χ4n) is 3.85. The molecule has 2 aliphatic rings. The Hall–Kier alpha value is -2.77. The lowest BCUT2D eigenvalue weighted by atomic mass is 9.81. The number of likely N-dealkylation sites (tertiary alicyclic amines) is 1. The van der Waals surface area contributed by atoms with Crippen LogP contribution in [0.4, 0.5) is 10.5 Å². The van der Waals surface area contributed by atoms with Crippen LogP contribution in [0.5, 0.6) is 5.75 Å². The molecule has 1 aromatic rings. The van der Waals surface area contributed by atoms with Gasteiger partial charge in [-0.05, 0) is 43.0 Å². The molecule has 1 aliphatic carbocycles. The van der Waals surface area contributed by atoms with Crippen molar-refractivity contribution < 1.29 is 24.2 Å². The zero-order valence-corrected chi connectivity index (χ0v) is 14.7. The molecule has 1 aromatic carbocycles. The molecular weight excluding hydrogens is 338 g/mol. The minimum atomic E-state index is -0.798. The number of benzene rings is 1. The van der Waals surface area contributed by atoms with E-state index in [-0.39, 0.29) is 31.0 Å². The van der Waals surface area contributed by atoms with Gasteiger partial charge in [-0.25, -0.2) is 4.79 Å². The highest BCUT2D eigenvalue weighted by molar-refractivity contribution is 5.90. The minimum Gasteiger partial charge on any atom is -0.484 e. The number of carboxylic acid groups (broad SMARTS) is 1. The van der Waals surface area contributed by atoms with E-state index in [2.05, 4.69) is 10.6 Å². The van der Waals surface area contributed by atoms with Crippen LogP contribution < -0.4 is 15.4 Å². The molecule has 1 aliphatic heterocycles. The quantitative estimate of drug-likeness (QED) is 0.737. The van der Waals surface area contributed by atoms with Gasteiger partial charge >= 0.3 is 12.0 Å². The molecule has 1 saturated heterocycles. The van der Waals surface area contributed by atoms with E-state index in [0.29, 0.717) is 24.4 Å². The lowest BCUT2D eigenvalue weighted by molar-refractivity contribution is -0.149. The molecule has 8 heteroatoms. The van der Waals surface area contributed by atoms with Gasteiger partial charge in [0, 0.05) is 25.8 Å². The molecular formula is C18H23N3O5. The van der Waals surface area contributed by atoms with Gasteiger partial charge in [0.15, 0.2) is 6.61 Å². The van der Waals surface area contributed by atoms with Crippen molar-refractivity contribution in [3.05, 3.63) is 24.3 Å². The summed E-state index contributed by atoms with van der Waals surface area (Å²) in [7, 11) is 1.53. The van der Waals surface area contributed by atoms with Gasteiger partial charge in [0.1, 0.15) is 5.75 Å². The molecule has 3 amide bonds. The van der Waals surface area contributed by atoms with Gasteiger partial charge in [-0.15, -0.1) is 0 Å². The first-order chi connectivity index (χ1) is 12.4. The Balaban J connectivity index is 1.57. The molecule has 3 N–H and O–H groups in total. The summed E-state index contributed by atoms with van der Waals surface area (Å²) in [6, 6.07) is 6.40. The first-order valence-electron chi connectivity index (χ1n) is 8.67. The van der Waals surface area contributed by atoms with Crippen LogP contribution in [0.1, 0.15) is 19.3 Å². The van der Waals surface area contributed by atoms with Crippen molar-refractivity contribution in [3.63, 3.8) is 0 Å². The van der Waals surface area contributed by atoms with Crippen molar-refractivity contribution in [1.29, 1.82) is 0 Å². The van der Waals surface area contributed by atoms with Gasteiger partial charge in [0.2, 0.25) is 0 Å². The van der Waals surface area contributed by atoms with Crippen molar-refractivity contribution in [2.75, 3.05) is 32.1 Å². The number of carboxylic acids is 1. The van der Waals surface area contributed by atoms with Crippen LogP contribution in [0, 0.1) is 11.3 Å². The van der Waals surface area contributed by atoms with E-state index in [0.717, 1.165) is 12.8 Å². The number of hydrogen-bond donors (Lipinski definition) is 3. The number of hydrogen-bond acceptors (Lipinski definition) is 4. The van der Waals surface area contributed by atoms with Crippen molar-refractivity contribution in [2.24, 2.45) is 11.3 Å². The maximum Gasteiger partial charge on any atom is 0.321 e. The van der Waals surface area contributed by atoms with Crippen LogP contribution in [0.15, 0.2) is 24.3 Å². The maximum atomic E-state index is 12.5. The Kier molecular flexibility index (Phi) is 5.01. The molecule has 2 fully saturated rings. The van der Waals surface area contributed by atoms with Gasteiger partial charge in [0.05, 0.1) is 5.41 Å². The number of rotatable bonds is 5. The van der Waals surface area contributed by atoms with Crippen molar-refractivity contribution >= 4 is 23.6 Å². The van der Waals surface area contributed by atoms with E-state index < -0.39 is 11.4 Å². The zero-order valence-electron chi connectivity index (χ0n) is 14.7. The Morgan fingerprint density at radius 3 is 2.65 bits per heavy atom. The monoisotopic (exact) mass is 361 g/mol. The van der Waals surface area contributed by atoms with Crippen LogP contribution in [-0.2, 0) is 9.59 Å². The second-order valence-electron chi connectivity index (χ2n) is 6.85. The Morgan fingerprint density at radius 1 is 1.31 bits per heavy atom. The number of carbonyl (C=O) groups excluding carboxylic acids is 2. The van der Waals surface area contributed by atoms with Gasteiger partial charge < -0.3 is 25.4 Å². The van der Waals surface area contributed by atoms with Crippen LogP contribution in [0.2, 0.25) is 0 Å². The minimum absolute atomic E-state index is 0.0336. The number of nitrogens with one attached hydrogen (secondary N) is 2. The zero-order chi connectivity index (χ0) is 18.7. The summed E-state index contributed by atoms with van der Waals surface area (Å²) in [6.45, 7) is 0.659. The summed E-state index contributed by atoms with van der Waals surface area (Å²) in [5, 5.41) is 14.9. The lowest BCUT2D eigenvalue weighted by Crippen LogP contribution is -2.38. The number of carbonyl (C=O) groups is 3. The fourth-order valence-corrected chi connectivity index (χ4v) is 3.85. The molecule has 26 heavy (non-hydrogen) atoms. The summed E-state index contributed by atoms with van der Waals surface area (Å²) >= 11 is 0. The average molecular weight is 361 g/mol. The molecule has 0 spiro atoms. The second kappa shape index (κ2) is 7.23. The van der Waals surface area contributed by atoms with Crippen molar-refractivity contribution in [1.82, 2.24) is 10.2 Å². The molecule has 0 bridgehead atoms. The summed E-state index contributed by atoms with van der Waals surface area (Å²) in [5.41, 5.74) is -0.196. The van der Waals surface area contributed by atoms with E-state index in [9.17, 15) is 19.5 Å². The van der Waals surface area contributed by atoms with Gasteiger partial charge in [-0.3, -0.25) is 9.59 Å².